The molecular formula is C24H57N7. The number of nitrogens with two attached hydrogens (primary N) is 1. The Kier molecular flexibility index (Phi) is 29.5. The Hall–Kier alpha value is -0.280. The minimum absolute atomic E-state index is 0.709. The summed E-state index contributed by atoms with van der Waals surface area (Å²) in [5, 5.41) is 20.6. The van der Waals surface area contributed by atoms with Crippen LogP contribution < -0.4 is 37.6 Å². The van der Waals surface area contributed by atoms with Crippen molar-refractivity contribution in [2.75, 3.05) is 85.1 Å². The molecule has 188 valence electrons. The van der Waals surface area contributed by atoms with Crippen LogP contribution in [-0.4, -0.2) is 85.1 Å². The highest BCUT2D eigenvalue weighted by Crippen LogP contribution is 2.10. The van der Waals surface area contributed by atoms with Crippen molar-refractivity contribution in [3.05, 3.63) is 0 Å². The van der Waals surface area contributed by atoms with Crippen LogP contribution in [0.15, 0.2) is 0 Å². The van der Waals surface area contributed by atoms with Gasteiger partial charge in [0.05, 0.1) is 0 Å². The molecule has 0 unspecified atom stereocenters. The molecule has 0 fully saturated rings. The second kappa shape index (κ2) is 29.7. The zero-order chi connectivity index (χ0) is 22.5. The molecule has 0 aliphatic heterocycles. The van der Waals surface area contributed by atoms with Gasteiger partial charge in [0.1, 0.15) is 0 Å². The summed E-state index contributed by atoms with van der Waals surface area (Å²) in [5.41, 5.74) is 5.43. The van der Waals surface area contributed by atoms with Gasteiger partial charge in [0.2, 0.25) is 0 Å². The quantitative estimate of drug-likeness (QED) is 0.0918. The Morgan fingerprint density at radius 3 is 1.00 bits per heavy atom. The number of hydrogen-bond acceptors (Lipinski definition) is 7. The highest BCUT2D eigenvalue weighted by molar-refractivity contribution is 4.59. The molecule has 0 aliphatic rings. The SMILES string of the molecule is CCCCCCCCCCCCNCCNCCNCCNCCNCCNCCN. The first-order valence-electron chi connectivity index (χ1n) is 13.4. The zero-order valence-electron chi connectivity index (χ0n) is 20.8. The van der Waals surface area contributed by atoms with Crippen molar-refractivity contribution in [1.82, 2.24) is 31.9 Å². The summed E-state index contributed by atoms with van der Waals surface area (Å²) in [6.45, 7) is 15.3. The number of hydrogen-bond donors (Lipinski definition) is 7. The summed E-state index contributed by atoms with van der Waals surface area (Å²) < 4.78 is 0. The molecule has 7 nitrogen and oxygen atoms in total. The van der Waals surface area contributed by atoms with Gasteiger partial charge in [-0.3, -0.25) is 0 Å². The molecule has 0 spiro atoms. The van der Waals surface area contributed by atoms with Crippen molar-refractivity contribution in [2.24, 2.45) is 5.73 Å². The molecular weight excluding hydrogens is 386 g/mol. The fourth-order valence-corrected chi connectivity index (χ4v) is 3.47. The van der Waals surface area contributed by atoms with Crippen molar-refractivity contribution in [1.29, 1.82) is 0 Å². The van der Waals surface area contributed by atoms with Crippen LogP contribution in [0.4, 0.5) is 0 Å². The second-order valence-electron chi connectivity index (χ2n) is 8.47. The Bertz CT molecular complexity index is 278. The lowest BCUT2D eigenvalue weighted by molar-refractivity contribution is 0.533. The van der Waals surface area contributed by atoms with E-state index >= 15 is 0 Å². The summed E-state index contributed by atoms with van der Waals surface area (Å²) in [5.74, 6) is 0. The molecule has 0 saturated carbocycles. The maximum absolute atomic E-state index is 5.43. The lowest BCUT2D eigenvalue weighted by Gasteiger charge is -2.09. The lowest BCUT2D eigenvalue weighted by Crippen LogP contribution is -2.37. The van der Waals surface area contributed by atoms with Gasteiger partial charge in [-0.1, -0.05) is 64.7 Å². The van der Waals surface area contributed by atoms with Crippen LogP contribution >= 0.6 is 0 Å². The highest BCUT2D eigenvalue weighted by Gasteiger charge is 1.94. The van der Waals surface area contributed by atoms with Gasteiger partial charge in [0, 0.05) is 78.5 Å². The highest BCUT2D eigenvalue weighted by atomic mass is 15.0. The van der Waals surface area contributed by atoms with Crippen molar-refractivity contribution in [2.45, 2.75) is 71.1 Å². The van der Waals surface area contributed by atoms with Gasteiger partial charge in [-0.25, -0.2) is 0 Å². The van der Waals surface area contributed by atoms with Crippen molar-refractivity contribution >= 4 is 0 Å². The Labute approximate surface area is 194 Å². The summed E-state index contributed by atoms with van der Waals surface area (Å²) in [6.07, 6.45) is 14.1. The van der Waals surface area contributed by atoms with Gasteiger partial charge in [-0.05, 0) is 13.0 Å². The van der Waals surface area contributed by atoms with Crippen LogP contribution in [0.1, 0.15) is 71.1 Å². The average molecular weight is 444 g/mol. The van der Waals surface area contributed by atoms with E-state index in [-0.39, 0.29) is 0 Å². The van der Waals surface area contributed by atoms with Gasteiger partial charge in [-0.15, -0.1) is 0 Å². The van der Waals surface area contributed by atoms with Crippen molar-refractivity contribution < 1.29 is 0 Å². The second-order valence-corrected chi connectivity index (χ2v) is 8.47. The van der Waals surface area contributed by atoms with E-state index in [4.69, 9.17) is 5.73 Å². The van der Waals surface area contributed by atoms with E-state index in [0.717, 1.165) is 72.0 Å². The third kappa shape index (κ3) is 29.7. The van der Waals surface area contributed by atoms with Gasteiger partial charge in [0.25, 0.3) is 0 Å². The molecule has 0 aromatic heterocycles. The summed E-state index contributed by atoms with van der Waals surface area (Å²) >= 11 is 0. The molecule has 31 heavy (non-hydrogen) atoms. The van der Waals surface area contributed by atoms with Gasteiger partial charge < -0.3 is 37.6 Å². The fraction of sp³-hybridized carbons (Fsp3) is 1.00. The Morgan fingerprint density at radius 2 is 0.645 bits per heavy atom. The third-order valence-corrected chi connectivity index (χ3v) is 5.42. The van der Waals surface area contributed by atoms with E-state index in [2.05, 4.69) is 38.8 Å². The first kappa shape index (κ1) is 30.7. The normalized spacial score (nSPS) is 11.4. The Balaban J connectivity index is 2.98. The van der Waals surface area contributed by atoms with Crippen LogP contribution in [0, 0.1) is 0 Å². The minimum Gasteiger partial charge on any atom is -0.329 e. The predicted molar refractivity (Wildman–Crippen MR) is 138 cm³/mol. The predicted octanol–water partition coefficient (Wildman–Crippen LogP) is 1.40. The van der Waals surface area contributed by atoms with E-state index in [9.17, 15) is 0 Å². The summed E-state index contributed by atoms with van der Waals surface area (Å²) in [7, 11) is 0. The van der Waals surface area contributed by atoms with Crippen LogP contribution in [-0.2, 0) is 0 Å². The monoisotopic (exact) mass is 443 g/mol. The van der Waals surface area contributed by atoms with Gasteiger partial charge in [0.15, 0.2) is 0 Å². The first-order valence-corrected chi connectivity index (χ1v) is 13.4. The molecule has 0 heterocycles. The standard InChI is InChI=1S/C24H57N7/c1-2-3-4-5-6-7-8-9-10-11-13-26-15-17-28-19-21-30-23-24-31-22-20-29-18-16-27-14-12-25/h26-31H,2-25H2,1H3. The molecule has 0 aliphatic carbocycles. The largest absolute Gasteiger partial charge is 0.329 e. The molecule has 0 rings (SSSR count). The lowest BCUT2D eigenvalue weighted by atomic mass is 10.1. The van der Waals surface area contributed by atoms with E-state index in [1.54, 1.807) is 0 Å². The smallest absolute Gasteiger partial charge is 0.00772 e. The molecule has 0 aromatic rings. The van der Waals surface area contributed by atoms with Gasteiger partial charge >= 0.3 is 0 Å². The van der Waals surface area contributed by atoms with E-state index in [0.29, 0.717) is 6.54 Å². The van der Waals surface area contributed by atoms with Crippen LogP contribution in [0.2, 0.25) is 0 Å². The maximum atomic E-state index is 5.43. The molecule has 8 N–H and O–H groups in total. The Morgan fingerprint density at radius 1 is 0.355 bits per heavy atom. The van der Waals surface area contributed by atoms with Gasteiger partial charge in [-0.2, -0.15) is 0 Å². The average Bonchev–Trinajstić information content (AvgIpc) is 2.78. The molecule has 7 heteroatoms. The number of nitrogens with one attached hydrogen (secondary N) is 6. The van der Waals surface area contributed by atoms with E-state index < -0.39 is 0 Å². The van der Waals surface area contributed by atoms with Crippen LogP contribution in [0.5, 0.6) is 0 Å². The van der Waals surface area contributed by atoms with Crippen molar-refractivity contribution in [3.63, 3.8) is 0 Å². The third-order valence-electron chi connectivity index (χ3n) is 5.42. The molecule has 0 atom stereocenters. The first-order chi connectivity index (χ1) is 15.4. The summed E-state index contributed by atoms with van der Waals surface area (Å²) in [4.78, 5) is 0. The minimum atomic E-state index is 0.709. The number of rotatable bonds is 28. The van der Waals surface area contributed by atoms with Crippen molar-refractivity contribution in [3.8, 4) is 0 Å². The molecule has 0 saturated heterocycles. The van der Waals surface area contributed by atoms with Crippen LogP contribution in [0.3, 0.4) is 0 Å². The number of unbranched alkanes of at least 4 members (excludes halogenated alkanes) is 9. The topological polar surface area (TPSA) is 98.2 Å². The van der Waals surface area contributed by atoms with E-state index in [1.807, 2.05) is 0 Å². The molecule has 0 radical (unpaired) electrons. The fourth-order valence-electron chi connectivity index (χ4n) is 3.47. The molecule has 0 amide bonds. The van der Waals surface area contributed by atoms with Crippen LogP contribution in [0.25, 0.3) is 0 Å². The zero-order valence-corrected chi connectivity index (χ0v) is 20.8. The molecule has 0 bridgehead atoms. The molecule has 0 aromatic carbocycles. The maximum Gasteiger partial charge on any atom is 0.00772 e. The summed E-state index contributed by atoms with van der Waals surface area (Å²) in [6, 6.07) is 0. The van der Waals surface area contributed by atoms with E-state index in [1.165, 1.54) is 70.8 Å².